The number of anilines is 4. The Morgan fingerprint density at radius 2 is 1.86 bits per heavy atom. The van der Waals surface area contributed by atoms with E-state index in [9.17, 15) is 0 Å². The fourth-order valence-corrected chi connectivity index (χ4v) is 5.55. The topological polar surface area (TPSA) is 75.6 Å². The molecule has 6 rings (SSSR count). The van der Waals surface area contributed by atoms with Crippen molar-refractivity contribution in [2.45, 2.75) is 51.5 Å². The van der Waals surface area contributed by atoms with Gasteiger partial charge in [-0.05, 0) is 69.2 Å². The van der Waals surface area contributed by atoms with Crippen LogP contribution in [0.3, 0.4) is 0 Å². The van der Waals surface area contributed by atoms with Crippen molar-refractivity contribution in [1.82, 2.24) is 15.0 Å². The van der Waals surface area contributed by atoms with Crippen LogP contribution in [0.1, 0.15) is 25.8 Å². The van der Waals surface area contributed by atoms with Crippen LogP contribution >= 0.6 is 0 Å². The first-order valence-electron chi connectivity index (χ1n) is 12.5. The van der Waals surface area contributed by atoms with Gasteiger partial charge in [0.05, 0.1) is 36.7 Å². The summed E-state index contributed by atoms with van der Waals surface area (Å²) >= 11 is 0. The molecule has 2 aromatic heterocycles. The molecule has 2 bridgehead atoms. The molecule has 35 heavy (non-hydrogen) atoms. The molecule has 5 heterocycles. The average Bonchev–Trinajstić information content (AvgIpc) is 3.48. The van der Waals surface area contributed by atoms with E-state index in [0.29, 0.717) is 18.1 Å². The minimum absolute atomic E-state index is 0.202. The zero-order chi connectivity index (χ0) is 23.9. The lowest BCUT2D eigenvalue weighted by Gasteiger charge is -2.36. The van der Waals surface area contributed by atoms with Crippen molar-refractivity contribution in [3.63, 3.8) is 0 Å². The highest BCUT2D eigenvalue weighted by atomic mass is 16.5. The van der Waals surface area contributed by atoms with Gasteiger partial charge < -0.3 is 24.6 Å². The Hall–Kier alpha value is -3.23. The molecule has 0 saturated carbocycles. The number of rotatable bonds is 5. The van der Waals surface area contributed by atoms with E-state index in [2.05, 4.69) is 71.2 Å². The van der Waals surface area contributed by atoms with Crippen LogP contribution < -0.4 is 15.1 Å². The number of ether oxygens (including phenoxy) is 2. The van der Waals surface area contributed by atoms with Crippen LogP contribution in [0.5, 0.6) is 0 Å². The third kappa shape index (κ3) is 4.56. The third-order valence-electron chi connectivity index (χ3n) is 7.11. The van der Waals surface area contributed by atoms with E-state index in [1.54, 1.807) is 6.20 Å². The molecule has 1 aromatic carbocycles. The van der Waals surface area contributed by atoms with Gasteiger partial charge in [0, 0.05) is 49.0 Å². The predicted octanol–water partition coefficient (Wildman–Crippen LogP) is 4.18. The number of morpholine rings is 2. The predicted molar refractivity (Wildman–Crippen MR) is 137 cm³/mol. The van der Waals surface area contributed by atoms with Crippen LogP contribution in [0.25, 0.3) is 11.3 Å². The zero-order valence-corrected chi connectivity index (χ0v) is 20.5. The molecule has 0 spiro atoms. The fourth-order valence-electron chi connectivity index (χ4n) is 5.55. The van der Waals surface area contributed by atoms with Crippen molar-refractivity contribution in [3.8, 4) is 11.3 Å². The van der Waals surface area contributed by atoms with E-state index >= 15 is 0 Å². The molecule has 8 nitrogen and oxygen atoms in total. The maximum atomic E-state index is 5.84. The Morgan fingerprint density at radius 3 is 2.54 bits per heavy atom. The van der Waals surface area contributed by atoms with Gasteiger partial charge in [-0.25, -0.2) is 15.0 Å². The summed E-state index contributed by atoms with van der Waals surface area (Å²) in [4.78, 5) is 18.7. The second kappa shape index (κ2) is 9.09. The Morgan fingerprint density at radius 1 is 1.00 bits per heavy atom. The first-order chi connectivity index (χ1) is 17.0. The number of aryl methyl sites for hydroxylation is 1. The summed E-state index contributed by atoms with van der Waals surface area (Å²) in [6.45, 7) is 9.89. The lowest BCUT2D eigenvalue weighted by Crippen LogP contribution is -2.45. The van der Waals surface area contributed by atoms with Gasteiger partial charge in [-0.1, -0.05) is 0 Å². The molecule has 0 radical (unpaired) electrons. The number of benzene rings is 1. The molecule has 4 atom stereocenters. The molecule has 3 aliphatic heterocycles. The number of hydrogen-bond donors (Lipinski definition) is 1. The smallest absolute Gasteiger partial charge is 0.227 e. The summed E-state index contributed by atoms with van der Waals surface area (Å²) in [5.41, 5.74) is 5.31. The van der Waals surface area contributed by atoms with Crippen molar-refractivity contribution >= 4 is 23.1 Å². The molecular weight excluding hydrogens is 440 g/mol. The molecule has 0 aliphatic carbocycles. The molecule has 1 N–H and O–H groups in total. The molecule has 4 unspecified atom stereocenters. The second-order valence-corrected chi connectivity index (χ2v) is 9.96. The van der Waals surface area contributed by atoms with Gasteiger partial charge in [-0.15, -0.1) is 0 Å². The van der Waals surface area contributed by atoms with Crippen molar-refractivity contribution in [2.24, 2.45) is 0 Å². The molecule has 3 saturated heterocycles. The third-order valence-corrected chi connectivity index (χ3v) is 7.11. The Balaban J connectivity index is 1.16. The quantitative estimate of drug-likeness (QED) is 0.593. The van der Waals surface area contributed by atoms with Gasteiger partial charge in [-0.3, -0.25) is 0 Å². The minimum Gasteiger partial charge on any atom is -0.374 e. The summed E-state index contributed by atoms with van der Waals surface area (Å²) < 4.78 is 11.6. The Labute approximate surface area is 206 Å². The van der Waals surface area contributed by atoms with Crippen LogP contribution in [0.4, 0.5) is 23.1 Å². The normalized spacial score (nSPS) is 25.8. The van der Waals surface area contributed by atoms with E-state index < -0.39 is 0 Å². The van der Waals surface area contributed by atoms with Crippen LogP contribution in [-0.2, 0) is 9.47 Å². The number of nitrogens with one attached hydrogen (secondary N) is 1. The molecule has 3 aromatic rings. The number of pyridine rings is 1. The molecule has 182 valence electrons. The van der Waals surface area contributed by atoms with Crippen molar-refractivity contribution in [3.05, 3.63) is 54.4 Å². The van der Waals surface area contributed by atoms with Crippen LogP contribution in [0, 0.1) is 6.92 Å². The van der Waals surface area contributed by atoms with Gasteiger partial charge in [0.25, 0.3) is 0 Å². The summed E-state index contributed by atoms with van der Waals surface area (Å²) in [6.07, 6.45) is 5.60. The highest BCUT2D eigenvalue weighted by Crippen LogP contribution is 2.35. The highest BCUT2D eigenvalue weighted by Gasteiger charge is 2.39. The van der Waals surface area contributed by atoms with Crippen molar-refractivity contribution in [1.29, 1.82) is 0 Å². The lowest BCUT2D eigenvalue weighted by atomic mass is 10.1. The van der Waals surface area contributed by atoms with E-state index in [1.165, 1.54) is 11.3 Å². The van der Waals surface area contributed by atoms with Gasteiger partial charge in [0.15, 0.2) is 0 Å². The summed E-state index contributed by atoms with van der Waals surface area (Å²) in [5.74, 6) is 1.54. The van der Waals surface area contributed by atoms with E-state index in [1.807, 2.05) is 12.3 Å². The fraction of sp³-hybridized carbons (Fsp3) is 0.444. The molecular formula is C27H32N6O2. The number of hydrogen-bond acceptors (Lipinski definition) is 8. The van der Waals surface area contributed by atoms with Crippen LogP contribution in [0.2, 0.25) is 0 Å². The maximum Gasteiger partial charge on any atom is 0.227 e. The number of nitrogens with zero attached hydrogens (tertiary/aromatic N) is 5. The van der Waals surface area contributed by atoms with Crippen LogP contribution in [0.15, 0.2) is 48.8 Å². The highest BCUT2D eigenvalue weighted by molar-refractivity contribution is 5.66. The second-order valence-electron chi connectivity index (χ2n) is 9.96. The summed E-state index contributed by atoms with van der Waals surface area (Å²) in [6, 6.07) is 13.0. The van der Waals surface area contributed by atoms with Crippen LogP contribution in [-0.4, -0.2) is 65.5 Å². The first kappa shape index (κ1) is 22.2. The SMILES string of the molecule is Cc1cc(Nc2nccc(-c3ccc(N4CC(C)OC(C)C4)nc3)n2)ccc1N1CC2CC1CO2. The van der Waals surface area contributed by atoms with E-state index in [4.69, 9.17) is 19.4 Å². The zero-order valence-electron chi connectivity index (χ0n) is 20.5. The first-order valence-corrected chi connectivity index (χ1v) is 12.5. The standard InChI is InChI=1S/C27H32N6O2/c1-17-10-21(5-6-25(17)33-15-23-11-22(33)16-34-23)30-27-28-9-8-24(31-27)20-4-7-26(29-12-20)32-13-18(2)35-19(3)14-32/h4-10,12,18-19,22-23H,11,13-16H2,1-3H3,(H,28,30,31). The van der Waals surface area contributed by atoms with Gasteiger partial charge >= 0.3 is 0 Å². The Bertz CT molecular complexity index is 1190. The van der Waals surface area contributed by atoms with Gasteiger partial charge in [-0.2, -0.15) is 0 Å². The van der Waals surface area contributed by atoms with Crippen molar-refractivity contribution < 1.29 is 9.47 Å². The van der Waals surface area contributed by atoms with Gasteiger partial charge in [0.2, 0.25) is 5.95 Å². The molecule has 0 amide bonds. The minimum atomic E-state index is 0.202. The average molecular weight is 473 g/mol. The van der Waals surface area contributed by atoms with Crippen molar-refractivity contribution in [2.75, 3.05) is 41.4 Å². The molecule has 3 fully saturated rings. The summed E-state index contributed by atoms with van der Waals surface area (Å²) in [5, 5.41) is 3.37. The summed E-state index contributed by atoms with van der Waals surface area (Å²) in [7, 11) is 0. The molecule has 3 aliphatic rings. The van der Waals surface area contributed by atoms with Gasteiger partial charge in [0.1, 0.15) is 5.82 Å². The largest absolute Gasteiger partial charge is 0.374 e. The lowest BCUT2D eigenvalue weighted by molar-refractivity contribution is -0.00545. The monoisotopic (exact) mass is 472 g/mol. The van der Waals surface area contributed by atoms with E-state index in [-0.39, 0.29) is 12.2 Å². The van der Waals surface area contributed by atoms with E-state index in [0.717, 1.165) is 55.4 Å². The number of fused-ring (bicyclic) bond motifs is 2. The number of aromatic nitrogens is 3. The maximum absolute atomic E-state index is 5.84. The molecule has 8 heteroatoms. The Kier molecular flexibility index (Phi) is 5.78.